The Labute approximate surface area is 116 Å². The van der Waals surface area contributed by atoms with Crippen LogP contribution in [0.3, 0.4) is 0 Å². The van der Waals surface area contributed by atoms with E-state index in [4.69, 9.17) is 17.3 Å². The number of nitrogens with two attached hydrogens (primary N) is 1. The molecule has 0 saturated carbocycles. The average Bonchev–Trinajstić information content (AvgIpc) is 2.33. The third kappa shape index (κ3) is 3.63. The zero-order valence-corrected chi connectivity index (χ0v) is 12.7. The predicted molar refractivity (Wildman–Crippen MR) is 81.6 cm³/mol. The quantitative estimate of drug-likeness (QED) is 0.849. The maximum Gasteiger partial charge on any atom is 0.0459 e. The van der Waals surface area contributed by atoms with Gasteiger partial charge in [0, 0.05) is 29.3 Å². The minimum atomic E-state index is 0.175. The summed E-state index contributed by atoms with van der Waals surface area (Å²) in [6.45, 7) is 9.67. The first-order valence-corrected chi connectivity index (χ1v) is 7.18. The maximum absolute atomic E-state index is 6.35. The second-order valence-electron chi connectivity index (χ2n) is 4.99. The molecule has 0 aliphatic heterocycles. The van der Waals surface area contributed by atoms with Crippen LogP contribution in [0, 0.1) is 0 Å². The Balaban J connectivity index is 3.13. The number of rotatable bonds is 6. The lowest BCUT2D eigenvalue weighted by Crippen LogP contribution is -2.32. The zero-order valence-electron chi connectivity index (χ0n) is 11.9. The molecule has 2 nitrogen and oxygen atoms in total. The summed E-state index contributed by atoms with van der Waals surface area (Å²) in [7, 11) is 0. The number of hydrogen-bond acceptors (Lipinski definition) is 2. The van der Waals surface area contributed by atoms with Crippen LogP contribution >= 0.6 is 11.6 Å². The Hall–Kier alpha value is -0.730. The Bertz CT molecular complexity index is 377. The van der Waals surface area contributed by atoms with Crippen LogP contribution in [0.2, 0.25) is 5.02 Å². The summed E-state index contributed by atoms with van der Waals surface area (Å²) >= 11 is 6.35. The van der Waals surface area contributed by atoms with E-state index in [1.807, 2.05) is 12.1 Å². The Morgan fingerprint density at radius 3 is 2.44 bits per heavy atom. The van der Waals surface area contributed by atoms with E-state index in [0.717, 1.165) is 24.4 Å². The van der Waals surface area contributed by atoms with Gasteiger partial charge < -0.3 is 10.6 Å². The summed E-state index contributed by atoms with van der Waals surface area (Å²) < 4.78 is 0. The highest BCUT2D eigenvalue weighted by Gasteiger charge is 2.16. The van der Waals surface area contributed by atoms with Crippen molar-refractivity contribution in [2.24, 2.45) is 5.73 Å². The fraction of sp³-hybridized carbons (Fsp3) is 0.600. The molecule has 0 aromatic heterocycles. The first-order chi connectivity index (χ1) is 8.51. The molecule has 1 unspecified atom stereocenters. The highest BCUT2D eigenvalue weighted by Crippen LogP contribution is 2.30. The van der Waals surface area contributed by atoms with Gasteiger partial charge in [0.2, 0.25) is 0 Å². The maximum atomic E-state index is 6.35. The van der Waals surface area contributed by atoms with Gasteiger partial charge in [0.15, 0.2) is 0 Å². The van der Waals surface area contributed by atoms with Gasteiger partial charge in [0.1, 0.15) is 0 Å². The monoisotopic (exact) mass is 268 g/mol. The van der Waals surface area contributed by atoms with Gasteiger partial charge in [-0.2, -0.15) is 0 Å². The number of nitrogens with zero attached hydrogens (tertiary/aromatic N) is 1. The molecule has 0 spiro atoms. The SMILES string of the molecule is CCC(N)Cc1c(Cl)cccc1N(CC)C(C)C. The minimum Gasteiger partial charge on any atom is -0.369 e. The van der Waals surface area contributed by atoms with Crippen molar-refractivity contribution in [2.75, 3.05) is 11.4 Å². The van der Waals surface area contributed by atoms with Gasteiger partial charge in [-0.05, 0) is 51.3 Å². The van der Waals surface area contributed by atoms with E-state index in [1.165, 1.54) is 11.3 Å². The van der Waals surface area contributed by atoms with Crippen LogP contribution in [0.5, 0.6) is 0 Å². The molecule has 0 amide bonds. The Morgan fingerprint density at radius 2 is 1.94 bits per heavy atom. The van der Waals surface area contributed by atoms with Gasteiger partial charge in [0.05, 0.1) is 0 Å². The van der Waals surface area contributed by atoms with Crippen LogP contribution in [0.25, 0.3) is 0 Å². The third-order valence-corrected chi connectivity index (χ3v) is 3.71. The van der Waals surface area contributed by atoms with Crippen molar-refractivity contribution < 1.29 is 0 Å². The third-order valence-electron chi connectivity index (χ3n) is 3.36. The van der Waals surface area contributed by atoms with E-state index >= 15 is 0 Å². The lowest BCUT2D eigenvalue weighted by Gasteiger charge is -2.30. The molecular formula is C15H25ClN2. The van der Waals surface area contributed by atoms with E-state index < -0.39 is 0 Å². The van der Waals surface area contributed by atoms with Crippen molar-refractivity contribution in [1.29, 1.82) is 0 Å². The van der Waals surface area contributed by atoms with Crippen molar-refractivity contribution >= 4 is 17.3 Å². The summed E-state index contributed by atoms with van der Waals surface area (Å²) in [5.74, 6) is 0. The number of benzene rings is 1. The molecule has 0 radical (unpaired) electrons. The highest BCUT2D eigenvalue weighted by molar-refractivity contribution is 6.31. The van der Waals surface area contributed by atoms with Crippen LogP contribution in [0.15, 0.2) is 18.2 Å². The van der Waals surface area contributed by atoms with Crippen molar-refractivity contribution in [2.45, 2.75) is 52.6 Å². The Kier molecular flexibility index (Phi) is 5.97. The molecule has 1 aromatic rings. The number of hydrogen-bond donors (Lipinski definition) is 1. The van der Waals surface area contributed by atoms with E-state index in [-0.39, 0.29) is 6.04 Å². The molecule has 2 N–H and O–H groups in total. The largest absolute Gasteiger partial charge is 0.369 e. The minimum absolute atomic E-state index is 0.175. The van der Waals surface area contributed by atoms with Crippen molar-refractivity contribution in [1.82, 2.24) is 0 Å². The summed E-state index contributed by atoms with van der Waals surface area (Å²) in [5, 5.41) is 0.829. The highest BCUT2D eigenvalue weighted by atomic mass is 35.5. The van der Waals surface area contributed by atoms with Gasteiger partial charge in [-0.15, -0.1) is 0 Å². The fourth-order valence-corrected chi connectivity index (χ4v) is 2.49. The molecule has 102 valence electrons. The van der Waals surface area contributed by atoms with Crippen molar-refractivity contribution in [3.05, 3.63) is 28.8 Å². The number of halogens is 1. The van der Waals surface area contributed by atoms with Crippen LogP contribution in [0.1, 0.15) is 39.7 Å². The summed E-state index contributed by atoms with van der Waals surface area (Å²) in [6.07, 6.45) is 1.81. The standard InChI is InChI=1S/C15H25ClN2/c1-5-12(17)10-13-14(16)8-7-9-15(13)18(6-2)11(3)4/h7-9,11-12H,5-6,10,17H2,1-4H3. The molecule has 1 rings (SSSR count). The van der Waals surface area contributed by atoms with Gasteiger partial charge in [-0.1, -0.05) is 24.6 Å². The van der Waals surface area contributed by atoms with Crippen LogP contribution in [-0.4, -0.2) is 18.6 Å². The summed E-state index contributed by atoms with van der Waals surface area (Å²) in [4.78, 5) is 2.36. The van der Waals surface area contributed by atoms with E-state index in [0.29, 0.717) is 6.04 Å². The van der Waals surface area contributed by atoms with E-state index in [2.05, 4.69) is 38.7 Å². The van der Waals surface area contributed by atoms with Crippen LogP contribution in [0.4, 0.5) is 5.69 Å². The summed E-state index contributed by atoms with van der Waals surface area (Å²) in [6, 6.07) is 6.76. The predicted octanol–water partition coefficient (Wildman–Crippen LogP) is 3.85. The van der Waals surface area contributed by atoms with Crippen LogP contribution in [-0.2, 0) is 6.42 Å². The molecule has 0 fully saturated rings. The Morgan fingerprint density at radius 1 is 1.28 bits per heavy atom. The topological polar surface area (TPSA) is 29.3 Å². The molecule has 0 aliphatic carbocycles. The molecule has 0 bridgehead atoms. The smallest absolute Gasteiger partial charge is 0.0459 e. The molecule has 3 heteroatoms. The molecule has 1 aromatic carbocycles. The molecule has 0 aliphatic rings. The van der Waals surface area contributed by atoms with Crippen molar-refractivity contribution in [3.63, 3.8) is 0 Å². The lowest BCUT2D eigenvalue weighted by atomic mass is 10.0. The molecule has 1 atom stereocenters. The first kappa shape index (κ1) is 15.3. The van der Waals surface area contributed by atoms with Crippen molar-refractivity contribution in [3.8, 4) is 0 Å². The summed E-state index contributed by atoms with van der Waals surface area (Å²) in [5.41, 5.74) is 8.49. The molecule has 0 saturated heterocycles. The van der Waals surface area contributed by atoms with Gasteiger partial charge in [-0.3, -0.25) is 0 Å². The van der Waals surface area contributed by atoms with E-state index in [1.54, 1.807) is 0 Å². The average molecular weight is 269 g/mol. The van der Waals surface area contributed by atoms with Crippen LogP contribution < -0.4 is 10.6 Å². The lowest BCUT2D eigenvalue weighted by molar-refractivity contribution is 0.638. The fourth-order valence-electron chi connectivity index (χ4n) is 2.24. The zero-order chi connectivity index (χ0) is 13.7. The molecule has 0 heterocycles. The first-order valence-electron chi connectivity index (χ1n) is 6.80. The van der Waals surface area contributed by atoms with Gasteiger partial charge in [0.25, 0.3) is 0 Å². The van der Waals surface area contributed by atoms with Gasteiger partial charge in [-0.25, -0.2) is 0 Å². The second-order valence-corrected chi connectivity index (χ2v) is 5.40. The molecule has 18 heavy (non-hydrogen) atoms. The van der Waals surface area contributed by atoms with E-state index in [9.17, 15) is 0 Å². The van der Waals surface area contributed by atoms with Gasteiger partial charge >= 0.3 is 0 Å². The normalized spacial score (nSPS) is 12.8. The number of anilines is 1. The molecular weight excluding hydrogens is 244 g/mol. The second kappa shape index (κ2) is 7.01.